The highest BCUT2D eigenvalue weighted by atomic mass is 16.5. The van der Waals surface area contributed by atoms with Crippen molar-refractivity contribution in [2.24, 2.45) is 0 Å². The van der Waals surface area contributed by atoms with E-state index in [1.165, 1.54) is 22.1 Å². The molecule has 0 saturated carbocycles. The number of nitrogens with zero attached hydrogens (tertiary/aromatic N) is 1. The average molecular weight is 406 g/mol. The topological polar surface area (TPSA) is 57.4 Å². The molecule has 1 saturated heterocycles. The minimum Gasteiger partial charge on any atom is -0.373 e. The number of para-hydroxylation sites is 1. The van der Waals surface area contributed by atoms with Crippen LogP contribution in [0.5, 0.6) is 0 Å². The Morgan fingerprint density at radius 2 is 1.73 bits per heavy atom. The van der Waals surface area contributed by atoms with Crippen LogP contribution >= 0.6 is 0 Å². The van der Waals surface area contributed by atoms with Gasteiger partial charge in [-0.3, -0.25) is 9.69 Å². The predicted molar refractivity (Wildman–Crippen MR) is 120 cm³/mol. The van der Waals surface area contributed by atoms with Crippen LogP contribution in [0.3, 0.4) is 0 Å². The van der Waals surface area contributed by atoms with Gasteiger partial charge < -0.3 is 15.0 Å². The summed E-state index contributed by atoms with van der Waals surface area (Å²) in [7, 11) is 0. The standard InChI is InChI=1S/C25H31N3O2/c1-18-15-28(16-19(2)30-18)17-22-8-4-3-7-20(22)13-27-25(29)12-11-21-14-26-24-10-6-5-9-23(21)24/h3-10,14,18-19,26H,11-13,15-17H2,1-2H3,(H,27,29)/t18-,19-/m1/s1. The molecule has 0 aliphatic carbocycles. The number of aromatic nitrogens is 1. The summed E-state index contributed by atoms with van der Waals surface area (Å²) in [6, 6.07) is 16.6. The average Bonchev–Trinajstić information content (AvgIpc) is 3.14. The third-order valence-electron chi connectivity index (χ3n) is 5.78. The highest BCUT2D eigenvalue weighted by molar-refractivity contribution is 5.84. The molecule has 5 heteroatoms. The lowest BCUT2D eigenvalue weighted by atomic mass is 10.1. The Kier molecular flexibility index (Phi) is 6.50. The molecule has 2 aromatic carbocycles. The first-order chi connectivity index (χ1) is 14.6. The maximum atomic E-state index is 12.5. The van der Waals surface area contributed by atoms with Gasteiger partial charge in [-0.25, -0.2) is 0 Å². The first kappa shape index (κ1) is 20.6. The van der Waals surface area contributed by atoms with Gasteiger partial charge in [0, 0.05) is 49.7 Å². The lowest BCUT2D eigenvalue weighted by Gasteiger charge is -2.35. The van der Waals surface area contributed by atoms with Gasteiger partial charge >= 0.3 is 0 Å². The number of rotatable bonds is 7. The molecule has 1 amide bonds. The van der Waals surface area contributed by atoms with E-state index in [0.29, 0.717) is 13.0 Å². The number of aromatic amines is 1. The molecule has 0 radical (unpaired) electrons. The summed E-state index contributed by atoms with van der Waals surface area (Å²) in [6.45, 7) is 7.59. The van der Waals surface area contributed by atoms with Crippen LogP contribution in [0.25, 0.3) is 10.9 Å². The molecule has 1 fully saturated rings. The summed E-state index contributed by atoms with van der Waals surface area (Å²) in [5.41, 5.74) is 4.77. The van der Waals surface area contributed by atoms with Gasteiger partial charge in [0.25, 0.3) is 0 Å². The number of amides is 1. The normalized spacial score (nSPS) is 19.8. The molecule has 3 aromatic rings. The monoisotopic (exact) mass is 405 g/mol. The maximum Gasteiger partial charge on any atom is 0.220 e. The Bertz CT molecular complexity index is 987. The second-order valence-electron chi connectivity index (χ2n) is 8.36. The number of morpholine rings is 1. The van der Waals surface area contributed by atoms with Crippen molar-refractivity contribution in [3.05, 3.63) is 71.4 Å². The predicted octanol–water partition coefficient (Wildman–Crippen LogP) is 4.03. The Hall–Kier alpha value is -2.63. The van der Waals surface area contributed by atoms with E-state index in [-0.39, 0.29) is 18.1 Å². The summed E-state index contributed by atoms with van der Waals surface area (Å²) in [6.07, 6.45) is 3.75. The molecule has 2 atom stereocenters. The van der Waals surface area contributed by atoms with Crippen LogP contribution in [-0.4, -0.2) is 41.1 Å². The largest absolute Gasteiger partial charge is 0.373 e. The van der Waals surface area contributed by atoms with E-state index in [2.05, 4.69) is 59.4 Å². The van der Waals surface area contributed by atoms with Gasteiger partial charge in [-0.2, -0.15) is 0 Å². The first-order valence-electron chi connectivity index (χ1n) is 10.8. The van der Waals surface area contributed by atoms with Crippen LogP contribution in [0.4, 0.5) is 0 Å². The van der Waals surface area contributed by atoms with E-state index in [1.54, 1.807) is 0 Å². The fourth-order valence-corrected chi connectivity index (χ4v) is 4.41. The van der Waals surface area contributed by atoms with Gasteiger partial charge in [0.1, 0.15) is 0 Å². The molecule has 30 heavy (non-hydrogen) atoms. The van der Waals surface area contributed by atoms with Crippen LogP contribution in [0, 0.1) is 0 Å². The Morgan fingerprint density at radius 1 is 1.03 bits per heavy atom. The number of hydrogen-bond acceptors (Lipinski definition) is 3. The van der Waals surface area contributed by atoms with Crippen LogP contribution in [0.2, 0.25) is 0 Å². The highest BCUT2D eigenvalue weighted by Crippen LogP contribution is 2.19. The summed E-state index contributed by atoms with van der Waals surface area (Å²) < 4.78 is 5.85. The molecular formula is C25H31N3O2. The second kappa shape index (κ2) is 9.45. The maximum absolute atomic E-state index is 12.5. The fraction of sp³-hybridized carbons (Fsp3) is 0.400. The van der Waals surface area contributed by atoms with E-state index < -0.39 is 0 Å². The van der Waals surface area contributed by atoms with Crippen LogP contribution in [0.15, 0.2) is 54.7 Å². The zero-order valence-electron chi connectivity index (χ0n) is 17.9. The number of nitrogens with one attached hydrogen (secondary N) is 2. The SMILES string of the molecule is C[C@@H]1CN(Cc2ccccc2CNC(=O)CCc2c[nH]c3ccccc23)C[C@@H](C)O1. The van der Waals surface area contributed by atoms with E-state index in [4.69, 9.17) is 4.74 Å². The molecule has 158 valence electrons. The molecule has 4 rings (SSSR count). The molecule has 1 aliphatic heterocycles. The minimum absolute atomic E-state index is 0.0868. The summed E-state index contributed by atoms with van der Waals surface area (Å²) >= 11 is 0. The Labute approximate surface area is 178 Å². The van der Waals surface area contributed by atoms with Crippen molar-refractivity contribution in [1.29, 1.82) is 0 Å². The van der Waals surface area contributed by atoms with E-state index >= 15 is 0 Å². The summed E-state index contributed by atoms with van der Waals surface area (Å²) in [5, 5.41) is 4.31. The zero-order chi connectivity index (χ0) is 20.9. The number of carbonyl (C=O) groups excluding carboxylic acids is 1. The highest BCUT2D eigenvalue weighted by Gasteiger charge is 2.22. The van der Waals surface area contributed by atoms with Crippen molar-refractivity contribution in [2.75, 3.05) is 13.1 Å². The number of H-pyrrole nitrogens is 1. The van der Waals surface area contributed by atoms with Crippen LogP contribution in [-0.2, 0) is 29.0 Å². The molecular weight excluding hydrogens is 374 g/mol. The van der Waals surface area contributed by atoms with Gasteiger partial charge in [0.2, 0.25) is 5.91 Å². The van der Waals surface area contributed by atoms with Crippen molar-refractivity contribution >= 4 is 16.8 Å². The number of ether oxygens (including phenoxy) is 1. The number of fused-ring (bicyclic) bond motifs is 1. The van der Waals surface area contributed by atoms with Crippen LogP contribution < -0.4 is 5.32 Å². The molecule has 1 aliphatic rings. The van der Waals surface area contributed by atoms with Gasteiger partial charge in [-0.1, -0.05) is 42.5 Å². The molecule has 0 spiro atoms. The third-order valence-corrected chi connectivity index (χ3v) is 5.78. The summed E-state index contributed by atoms with van der Waals surface area (Å²) in [4.78, 5) is 18.2. The molecule has 2 N–H and O–H groups in total. The number of carbonyl (C=O) groups is 1. The van der Waals surface area contributed by atoms with Gasteiger partial charge in [-0.15, -0.1) is 0 Å². The van der Waals surface area contributed by atoms with Crippen LogP contribution in [0.1, 0.15) is 37.0 Å². The molecule has 0 bridgehead atoms. The minimum atomic E-state index is 0.0868. The Balaban J connectivity index is 1.32. The van der Waals surface area contributed by atoms with Crippen molar-refractivity contribution < 1.29 is 9.53 Å². The van der Waals surface area contributed by atoms with Crippen molar-refractivity contribution in [2.45, 2.75) is 52.0 Å². The van der Waals surface area contributed by atoms with Crippen molar-refractivity contribution in [3.63, 3.8) is 0 Å². The Morgan fingerprint density at radius 3 is 2.53 bits per heavy atom. The lowest BCUT2D eigenvalue weighted by molar-refractivity contribution is -0.121. The first-order valence-corrected chi connectivity index (χ1v) is 10.8. The molecule has 2 heterocycles. The molecule has 1 aromatic heterocycles. The van der Waals surface area contributed by atoms with Crippen molar-refractivity contribution in [3.8, 4) is 0 Å². The van der Waals surface area contributed by atoms with Crippen molar-refractivity contribution in [1.82, 2.24) is 15.2 Å². The number of hydrogen-bond donors (Lipinski definition) is 2. The zero-order valence-corrected chi connectivity index (χ0v) is 17.9. The van der Waals surface area contributed by atoms with E-state index in [0.717, 1.165) is 31.6 Å². The smallest absolute Gasteiger partial charge is 0.220 e. The third kappa shape index (κ3) is 5.10. The van der Waals surface area contributed by atoms with Gasteiger partial charge in [0.05, 0.1) is 12.2 Å². The number of aryl methyl sites for hydroxylation is 1. The number of benzene rings is 2. The van der Waals surface area contributed by atoms with Gasteiger partial charge in [-0.05, 0) is 43.0 Å². The molecule has 5 nitrogen and oxygen atoms in total. The second-order valence-corrected chi connectivity index (χ2v) is 8.36. The van der Waals surface area contributed by atoms with E-state index in [9.17, 15) is 4.79 Å². The summed E-state index contributed by atoms with van der Waals surface area (Å²) in [5.74, 6) is 0.0868. The van der Waals surface area contributed by atoms with E-state index in [1.807, 2.05) is 24.4 Å². The van der Waals surface area contributed by atoms with Gasteiger partial charge in [0.15, 0.2) is 0 Å². The quantitative estimate of drug-likeness (QED) is 0.624. The fourth-order valence-electron chi connectivity index (χ4n) is 4.41. The lowest BCUT2D eigenvalue weighted by Crippen LogP contribution is -2.45. The molecule has 0 unspecified atom stereocenters.